The normalized spacial score (nSPS) is 13.0. The third-order valence-corrected chi connectivity index (χ3v) is 7.32. The van der Waals surface area contributed by atoms with Gasteiger partial charge in [-0.25, -0.2) is 9.18 Å². The maximum absolute atomic E-state index is 13.7. The van der Waals surface area contributed by atoms with Crippen LogP contribution in [-0.2, 0) is 36.9 Å². The predicted molar refractivity (Wildman–Crippen MR) is 176 cm³/mol. The van der Waals surface area contributed by atoms with Gasteiger partial charge < -0.3 is 35.5 Å². The van der Waals surface area contributed by atoms with Crippen LogP contribution in [0, 0.1) is 18.7 Å². The molecule has 0 fully saturated rings. The summed E-state index contributed by atoms with van der Waals surface area (Å²) >= 11 is 0. The molecule has 0 saturated heterocycles. The molecule has 5 N–H and O–H groups in total. The van der Waals surface area contributed by atoms with Crippen LogP contribution in [0.4, 0.5) is 4.39 Å². The Bertz CT molecular complexity index is 1840. The third kappa shape index (κ3) is 11.7. The predicted octanol–water partition coefficient (Wildman–Crippen LogP) is 2.10. The van der Waals surface area contributed by atoms with Gasteiger partial charge in [0.05, 0.1) is 0 Å². The second kappa shape index (κ2) is 17.9. The monoisotopic (exact) mass is 704 g/mol. The molecule has 0 aliphatic rings. The topological polar surface area (TPSA) is 235 Å². The van der Waals surface area contributed by atoms with Crippen LogP contribution in [-0.4, -0.2) is 68.0 Å². The first-order chi connectivity index (χ1) is 24.4. The highest BCUT2D eigenvalue weighted by Gasteiger charge is 2.30. The average Bonchev–Trinajstić information content (AvgIpc) is 3.77. The van der Waals surface area contributed by atoms with Crippen molar-refractivity contribution in [3.63, 3.8) is 0 Å². The fourth-order valence-electron chi connectivity index (χ4n) is 4.66. The summed E-state index contributed by atoms with van der Waals surface area (Å²) in [4.78, 5) is 72.3. The molecule has 3 aromatic heterocycles. The van der Waals surface area contributed by atoms with Gasteiger partial charge in [0.1, 0.15) is 23.7 Å². The first-order valence-corrected chi connectivity index (χ1v) is 15.8. The van der Waals surface area contributed by atoms with Crippen LogP contribution >= 0.6 is 0 Å². The Balaban J connectivity index is 1.45. The summed E-state index contributed by atoms with van der Waals surface area (Å²) in [5.41, 5.74) is 6.48. The molecule has 16 nitrogen and oxygen atoms in total. The molecule has 3 atom stereocenters. The Hall–Kier alpha value is -6.26. The molecule has 4 aromatic rings. The summed E-state index contributed by atoms with van der Waals surface area (Å²) < 4.78 is 28.9. The largest absolute Gasteiger partial charge is 0.452 e. The van der Waals surface area contributed by atoms with Gasteiger partial charge in [0, 0.05) is 49.0 Å². The number of amides is 4. The molecular formula is C34H37FN8O8. The van der Waals surface area contributed by atoms with Crippen molar-refractivity contribution in [3.05, 3.63) is 95.7 Å². The molecular weight excluding hydrogens is 667 g/mol. The molecule has 268 valence electrons. The number of pyridine rings is 1. The first-order valence-electron chi connectivity index (χ1n) is 15.8. The lowest BCUT2D eigenvalue weighted by Gasteiger charge is -2.26. The number of hydrogen-bond acceptors (Lipinski definition) is 12. The zero-order valence-corrected chi connectivity index (χ0v) is 28.0. The van der Waals surface area contributed by atoms with Gasteiger partial charge in [0.2, 0.25) is 23.5 Å². The number of halogens is 1. The van der Waals surface area contributed by atoms with Crippen LogP contribution in [0.15, 0.2) is 76.1 Å². The standard InChI is InChI=1S/C34H37FN8O8/c1-19(2)30(41-33(47)26-16-20(3)50-42-26)34(48)39-25(17-21-4-6-23(35)7-5-21)32(46)38-24(8-10-27(36)44)9-11-29(45)49-18-28-40-31(43-51-28)22-12-14-37-15-13-22/h4-7,9,11-16,19,24-25,30H,8,10,17-18H2,1-3H3,(H2,36,44)(H,38,46)(H,39,48)(H,41,47)/b11-9+/t24-,25+,30+/m1/s1. The van der Waals surface area contributed by atoms with Gasteiger partial charge in [-0.05, 0) is 49.1 Å². The van der Waals surface area contributed by atoms with Crippen molar-refractivity contribution >= 4 is 29.6 Å². The van der Waals surface area contributed by atoms with Crippen molar-refractivity contribution in [2.45, 2.75) is 64.8 Å². The minimum absolute atomic E-state index is 0.00279. The Kier molecular flexibility index (Phi) is 13.2. The number of aryl methyl sites for hydroxylation is 1. The molecule has 3 heterocycles. The van der Waals surface area contributed by atoms with Crippen molar-refractivity contribution in [2.75, 3.05) is 0 Å². The van der Waals surface area contributed by atoms with E-state index in [9.17, 15) is 28.4 Å². The van der Waals surface area contributed by atoms with Crippen molar-refractivity contribution in [1.29, 1.82) is 0 Å². The number of carbonyl (C=O) groups is 5. The molecule has 0 radical (unpaired) electrons. The lowest BCUT2D eigenvalue weighted by atomic mass is 10.00. The van der Waals surface area contributed by atoms with Crippen LogP contribution in [0.1, 0.15) is 54.4 Å². The van der Waals surface area contributed by atoms with Gasteiger partial charge >= 0.3 is 5.97 Å². The number of carbonyl (C=O) groups excluding carboxylic acids is 5. The number of esters is 1. The second-order valence-corrected chi connectivity index (χ2v) is 11.7. The van der Waals surface area contributed by atoms with E-state index >= 15 is 0 Å². The smallest absolute Gasteiger partial charge is 0.331 e. The summed E-state index contributed by atoms with van der Waals surface area (Å²) in [5.74, 6) is -3.69. The highest BCUT2D eigenvalue weighted by atomic mass is 19.1. The number of nitrogens with two attached hydrogens (primary N) is 1. The minimum atomic E-state index is -1.24. The Labute approximate surface area is 291 Å². The van der Waals surface area contributed by atoms with Gasteiger partial charge in [0.15, 0.2) is 12.3 Å². The molecule has 4 rings (SSSR count). The Morgan fingerprint density at radius 1 is 0.961 bits per heavy atom. The van der Waals surface area contributed by atoms with Crippen LogP contribution < -0.4 is 21.7 Å². The number of aromatic nitrogens is 4. The number of nitrogens with one attached hydrogen (secondary N) is 3. The van der Waals surface area contributed by atoms with Gasteiger partial charge in [-0.1, -0.05) is 42.4 Å². The van der Waals surface area contributed by atoms with Crippen LogP contribution in [0.3, 0.4) is 0 Å². The fourth-order valence-corrected chi connectivity index (χ4v) is 4.66. The number of ether oxygens (including phenoxy) is 1. The van der Waals surface area contributed by atoms with Crippen molar-refractivity contribution in [3.8, 4) is 11.4 Å². The Morgan fingerprint density at radius 2 is 1.69 bits per heavy atom. The van der Waals surface area contributed by atoms with Crippen molar-refractivity contribution < 1.29 is 42.1 Å². The number of hydrogen-bond donors (Lipinski definition) is 4. The summed E-state index contributed by atoms with van der Waals surface area (Å²) in [6, 6.07) is 6.88. The number of benzene rings is 1. The van der Waals surface area contributed by atoms with Gasteiger partial charge in [-0.3, -0.25) is 24.2 Å². The quantitative estimate of drug-likeness (QED) is 0.0914. The number of nitrogens with zero attached hydrogens (tertiary/aromatic N) is 4. The summed E-state index contributed by atoms with van der Waals surface area (Å²) in [6.45, 7) is 4.68. The number of rotatable bonds is 17. The van der Waals surface area contributed by atoms with E-state index in [-0.39, 0.29) is 43.3 Å². The minimum Gasteiger partial charge on any atom is -0.452 e. The molecule has 0 saturated carbocycles. The van der Waals surface area contributed by atoms with E-state index in [0.29, 0.717) is 16.9 Å². The molecule has 17 heteroatoms. The van der Waals surface area contributed by atoms with Crippen LogP contribution in [0.5, 0.6) is 0 Å². The molecule has 0 aliphatic heterocycles. The van der Waals surface area contributed by atoms with E-state index in [1.165, 1.54) is 36.4 Å². The SMILES string of the molecule is Cc1cc(C(=O)N[C@H](C(=O)N[C@@H](Cc2ccc(F)cc2)C(=O)N[C@@H](/C=C/C(=O)OCc2nc(-c3ccncc3)no2)CCC(N)=O)C(C)C)no1. The number of primary amides is 1. The molecule has 0 bridgehead atoms. The molecule has 0 unspecified atom stereocenters. The maximum Gasteiger partial charge on any atom is 0.331 e. The average molecular weight is 705 g/mol. The van der Waals surface area contributed by atoms with E-state index < -0.39 is 59.5 Å². The lowest BCUT2D eigenvalue weighted by Crippen LogP contribution is -2.56. The summed E-state index contributed by atoms with van der Waals surface area (Å²) in [5, 5.41) is 15.5. The van der Waals surface area contributed by atoms with E-state index in [1.54, 1.807) is 45.3 Å². The zero-order valence-electron chi connectivity index (χ0n) is 28.0. The van der Waals surface area contributed by atoms with Crippen molar-refractivity contribution in [1.82, 2.24) is 36.2 Å². The maximum atomic E-state index is 13.7. The van der Waals surface area contributed by atoms with Crippen LogP contribution in [0.2, 0.25) is 0 Å². The van der Waals surface area contributed by atoms with Gasteiger partial charge in [-0.2, -0.15) is 4.98 Å². The summed E-state index contributed by atoms with van der Waals surface area (Å²) in [6.07, 6.45) is 5.27. The van der Waals surface area contributed by atoms with E-state index in [0.717, 1.165) is 6.08 Å². The first kappa shape index (κ1) is 37.6. The fraction of sp³-hybridized carbons (Fsp3) is 0.324. The summed E-state index contributed by atoms with van der Waals surface area (Å²) in [7, 11) is 0. The van der Waals surface area contributed by atoms with E-state index in [2.05, 4.69) is 36.2 Å². The molecule has 0 aliphatic carbocycles. The third-order valence-electron chi connectivity index (χ3n) is 7.32. The highest BCUT2D eigenvalue weighted by Crippen LogP contribution is 2.15. The molecule has 0 spiro atoms. The molecule has 1 aromatic carbocycles. The van der Waals surface area contributed by atoms with E-state index in [4.69, 9.17) is 19.5 Å². The second-order valence-electron chi connectivity index (χ2n) is 11.7. The van der Waals surface area contributed by atoms with E-state index in [1.807, 2.05) is 0 Å². The zero-order chi connectivity index (χ0) is 36.9. The Morgan fingerprint density at radius 3 is 2.33 bits per heavy atom. The lowest BCUT2D eigenvalue weighted by molar-refractivity contribution is -0.139. The molecule has 4 amide bonds. The van der Waals surface area contributed by atoms with Crippen molar-refractivity contribution in [2.24, 2.45) is 11.7 Å². The van der Waals surface area contributed by atoms with Gasteiger partial charge in [-0.15, -0.1) is 0 Å². The van der Waals surface area contributed by atoms with Crippen LogP contribution in [0.25, 0.3) is 11.4 Å². The van der Waals surface area contributed by atoms with Gasteiger partial charge in [0.25, 0.3) is 11.8 Å². The highest BCUT2D eigenvalue weighted by molar-refractivity contribution is 5.97. The molecule has 51 heavy (non-hydrogen) atoms.